The van der Waals surface area contributed by atoms with Crippen LogP contribution in [-0.2, 0) is 25.3 Å². The standard InChI is InChI=1S/C25H22ClN7O2/c1-32-15-28-14-23(32)17-4-6-19(7-5-17)30-24(34)21(31-25(35)22-9-10-29-33(22)2)12-18-11-16(13-27)3-8-20(18)26/h3-11,14-15,21H,12H2,1-2H3,(H,30,34)(H,31,35)/t21-/m0/s1. The molecular weight excluding hydrogens is 466 g/mol. The van der Waals surface area contributed by atoms with Gasteiger partial charge in [0.15, 0.2) is 0 Å². The van der Waals surface area contributed by atoms with Crippen molar-refractivity contribution in [3.8, 4) is 17.3 Å². The smallest absolute Gasteiger partial charge is 0.270 e. The molecule has 2 aromatic carbocycles. The molecule has 0 spiro atoms. The Bertz CT molecular complexity index is 1420. The van der Waals surface area contributed by atoms with E-state index in [0.717, 1.165) is 11.3 Å². The van der Waals surface area contributed by atoms with Gasteiger partial charge in [-0.15, -0.1) is 0 Å². The summed E-state index contributed by atoms with van der Waals surface area (Å²) in [5, 5.41) is 19.3. The lowest BCUT2D eigenvalue weighted by Gasteiger charge is -2.19. The fourth-order valence-electron chi connectivity index (χ4n) is 3.65. The first-order valence-electron chi connectivity index (χ1n) is 10.7. The Hall–Kier alpha value is -4.42. The number of carbonyl (C=O) groups is 2. The molecule has 35 heavy (non-hydrogen) atoms. The van der Waals surface area contributed by atoms with E-state index in [2.05, 4.69) is 26.8 Å². The van der Waals surface area contributed by atoms with Crippen molar-refractivity contribution in [2.75, 3.05) is 5.32 Å². The quantitative estimate of drug-likeness (QED) is 0.414. The number of imidazole rings is 1. The summed E-state index contributed by atoms with van der Waals surface area (Å²) in [6.07, 6.45) is 5.07. The molecule has 0 fully saturated rings. The van der Waals surface area contributed by atoms with Crippen molar-refractivity contribution in [1.82, 2.24) is 24.6 Å². The van der Waals surface area contributed by atoms with Crippen LogP contribution in [0.5, 0.6) is 0 Å². The second-order valence-corrected chi connectivity index (χ2v) is 8.35. The lowest BCUT2D eigenvalue weighted by Crippen LogP contribution is -2.45. The van der Waals surface area contributed by atoms with Gasteiger partial charge in [0.1, 0.15) is 11.7 Å². The van der Waals surface area contributed by atoms with Crippen molar-refractivity contribution in [2.24, 2.45) is 14.1 Å². The van der Waals surface area contributed by atoms with Crippen molar-refractivity contribution >= 4 is 29.1 Å². The normalized spacial score (nSPS) is 11.5. The first-order chi connectivity index (χ1) is 16.9. The van der Waals surface area contributed by atoms with Gasteiger partial charge < -0.3 is 15.2 Å². The van der Waals surface area contributed by atoms with Gasteiger partial charge >= 0.3 is 0 Å². The number of anilines is 1. The number of aryl methyl sites for hydroxylation is 2. The van der Waals surface area contributed by atoms with Crippen LogP contribution in [0.4, 0.5) is 5.69 Å². The molecule has 4 rings (SSSR count). The Morgan fingerprint density at radius 2 is 1.91 bits per heavy atom. The molecule has 2 heterocycles. The molecule has 0 aliphatic rings. The van der Waals surface area contributed by atoms with Crippen molar-refractivity contribution in [1.29, 1.82) is 5.26 Å². The average Bonchev–Trinajstić information content (AvgIpc) is 3.48. The molecule has 0 aliphatic carbocycles. The molecule has 0 radical (unpaired) electrons. The Kier molecular flexibility index (Phi) is 6.94. The van der Waals surface area contributed by atoms with Crippen LogP contribution in [0.25, 0.3) is 11.3 Å². The number of hydrogen-bond acceptors (Lipinski definition) is 5. The number of carbonyl (C=O) groups excluding carboxylic acids is 2. The Labute approximate surface area is 207 Å². The number of hydrogen-bond donors (Lipinski definition) is 2. The van der Waals surface area contributed by atoms with E-state index in [1.807, 2.05) is 23.7 Å². The topological polar surface area (TPSA) is 118 Å². The second kappa shape index (κ2) is 10.2. The number of benzene rings is 2. The molecule has 0 unspecified atom stereocenters. The molecule has 2 amide bonds. The van der Waals surface area contributed by atoms with E-state index in [4.69, 9.17) is 11.6 Å². The van der Waals surface area contributed by atoms with Crippen molar-refractivity contribution < 1.29 is 9.59 Å². The lowest BCUT2D eigenvalue weighted by atomic mass is 10.0. The predicted octanol–water partition coefficient (Wildman–Crippen LogP) is 3.33. The molecule has 4 aromatic rings. The molecule has 0 saturated heterocycles. The van der Waals surface area contributed by atoms with Gasteiger partial charge in [-0.05, 0) is 47.5 Å². The van der Waals surface area contributed by atoms with Gasteiger partial charge in [-0.25, -0.2) is 4.98 Å². The first-order valence-corrected chi connectivity index (χ1v) is 11.1. The molecule has 0 bridgehead atoms. The van der Waals surface area contributed by atoms with E-state index in [9.17, 15) is 14.9 Å². The molecular formula is C25H22ClN7O2. The molecule has 2 aromatic heterocycles. The van der Waals surface area contributed by atoms with Crippen LogP contribution in [0.15, 0.2) is 67.3 Å². The minimum absolute atomic E-state index is 0.0941. The van der Waals surface area contributed by atoms with Crippen molar-refractivity contribution in [2.45, 2.75) is 12.5 Å². The highest BCUT2D eigenvalue weighted by Crippen LogP contribution is 2.22. The number of aromatic nitrogens is 4. The van der Waals surface area contributed by atoms with Crippen LogP contribution >= 0.6 is 11.6 Å². The van der Waals surface area contributed by atoms with E-state index in [0.29, 0.717) is 27.5 Å². The largest absolute Gasteiger partial charge is 0.339 e. The summed E-state index contributed by atoms with van der Waals surface area (Å²) in [6.45, 7) is 0. The molecule has 2 N–H and O–H groups in total. The van der Waals surface area contributed by atoms with E-state index in [1.165, 1.54) is 10.9 Å². The number of amides is 2. The maximum absolute atomic E-state index is 13.3. The average molecular weight is 488 g/mol. The van der Waals surface area contributed by atoms with Crippen LogP contribution in [0.3, 0.4) is 0 Å². The lowest BCUT2D eigenvalue weighted by molar-refractivity contribution is -0.118. The number of nitrogens with zero attached hydrogens (tertiary/aromatic N) is 5. The third-order valence-electron chi connectivity index (χ3n) is 5.54. The SMILES string of the molecule is Cn1cncc1-c1ccc(NC(=O)[C@H](Cc2cc(C#N)ccc2Cl)NC(=O)c2ccnn2C)cc1. The first kappa shape index (κ1) is 23.7. The summed E-state index contributed by atoms with van der Waals surface area (Å²) in [7, 11) is 3.54. The minimum atomic E-state index is -0.958. The Morgan fingerprint density at radius 1 is 1.14 bits per heavy atom. The molecule has 176 valence electrons. The highest BCUT2D eigenvalue weighted by atomic mass is 35.5. The molecule has 9 nitrogen and oxygen atoms in total. The van der Waals surface area contributed by atoms with Gasteiger partial charge in [0, 0.05) is 37.4 Å². The third-order valence-corrected chi connectivity index (χ3v) is 5.91. The Balaban J connectivity index is 1.57. The predicted molar refractivity (Wildman–Crippen MR) is 132 cm³/mol. The summed E-state index contributed by atoms with van der Waals surface area (Å²) in [6, 6.07) is 14.8. The van der Waals surface area contributed by atoms with E-state index in [-0.39, 0.29) is 6.42 Å². The highest BCUT2D eigenvalue weighted by Gasteiger charge is 2.24. The number of rotatable bonds is 7. The highest BCUT2D eigenvalue weighted by molar-refractivity contribution is 6.31. The zero-order valence-corrected chi connectivity index (χ0v) is 19.8. The van der Waals surface area contributed by atoms with Gasteiger partial charge in [0.05, 0.1) is 29.9 Å². The minimum Gasteiger partial charge on any atom is -0.339 e. The van der Waals surface area contributed by atoms with Gasteiger partial charge in [0.25, 0.3) is 5.91 Å². The van der Waals surface area contributed by atoms with Crippen molar-refractivity contribution in [3.05, 3.63) is 89.1 Å². The maximum Gasteiger partial charge on any atom is 0.270 e. The zero-order valence-electron chi connectivity index (χ0n) is 19.1. The number of nitrogens with one attached hydrogen (secondary N) is 2. The zero-order chi connectivity index (χ0) is 24.9. The summed E-state index contributed by atoms with van der Waals surface area (Å²) in [4.78, 5) is 30.2. The number of nitriles is 1. The van der Waals surface area contributed by atoms with Crippen LogP contribution < -0.4 is 10.6 Å². The van der Waals surface area contributed by atoms with E-state index < -0.39 is 17.9 Å². The van der Waals surface area contributed by atoms with Crippen molar-refractivity contribution in [3.63, 3.8) is 0 Å². The van der Waals surface area contributed by atoms with Gasteiger partial charge in [0.2, 0.25) is 5.91 Å². The summed E-state index contributed by atoms with van der Waals surface area (Å²) >= 11 is 6.33. The van der Waals surface area contributed by atoms with Gasteiger partial charge in [-0.1, -0.05) is 23.7 Å². The molecule has 10 heteroatoms. The molecule has 1 atom stereocenters. The van der Waals surface area contributed by atoms with Crippen LogP contribution in [0, 0.1) is 11.3 Å². The summed E-state index contributed by atoms with van der Waals surface area (Å²) < 4.78 is 3.32. The fraction of sp³-hybridized carbons (Fsp3) is 0.160. The third kappa shape index (κ3) is 5.39. The van der Waals surface area contributed by atoms with Gasteiger partial charge in [-0.2, -0.15) is 10.4 Å². The second-order valence-electron chi connectivity index (χ2n) is 7.94. The maximum atomic E-state index is 13.3. The fourth-order valence-corrected chi connectivity index (χ4v) is 3.84. The Morgan fingerprint density at radius 3 is 2.54 bits per heavy atom. The molecule has 0 aliphatic heterocycles. The monoisotopic (exact) mass is 487 g/mol. The van der Waals surface area contributed by atoms with E-state index in [1.54, 1.807) is 56.0 Å². The van der Waals surface area contributed by atoms with Crippen LogP contribution in [0.1, 0.15) is 21.6 Å². The van der Waals surface area contributed by atoms with Crippen LogP contribution in [-0.4, -0.2) is 37.2 Å². The van der Waals surface area contributed by atoms with Gasteiger partial charge in [-0.3, -0.25) is 14.3 Å². The molecule has 0 saturated carbocycles. The van der Waals surface area contributed by atoms with E-state index >= 15 is 0 Å². The summed E-state index contributed by atoms with van der Waals surface area (Å²) in [5.74, 6) is -0.878. The van der Waals surface area contributed by atoms with Crippen LogP contribution in [0.2, 0.25) is 5.02 Å². The number of halogens is 1. The summed E-state index contributed by atoms with van der Waals surface area (Å²) in [5.41, 5.74) is 3.74.